The molecule has 0 bridgehead atoms. The van der Waals surface area contributed by atoms with Gasteiger partial charge in [-0.2, -0.15) is 0 Å². The van der Waals surface area contributed by atoms with Crippen molar-refractivity contribution in [1.29, 1.82) is 0 Å². The molecule has 0 spiro atoms. The zero-order valence-electron chi connectivity index (χ0n) is 10.8. The number of fused-ring (bicyclic) bond motifs is 1. The minimum atomic E-state index is -0.944. The normalized spacial score (nSPS) is 12.3. The Labute approximate surface area is 110 Å². The van der Waals surface area contributed by atoms with Gasteiger partial charge in [0.25, 0.3) is 5.91 Å². The molecule has 100 valence electrons. The molecule has 0 aliphatic rings. The molecule has 19 heavy (non-hydrogen) atoms. The molecule has 0 saturated heterocycles. The maximum Gasteiger partial charge on any atom is 0.308 e. The minimum absolute atomic E-state index is 0.0737. The topological polar surface area (TPSA) is 79.5 Å². The second-order valence-electron chi connectivity index (χ2n) is 4.60. The van der Waals surface area contributed by atoms with E-state index in [2.05, 4.69) is 5.32 Å². The predicted octanol–water partition coefficient (Wildman–Crippen LogP) is 2.19. The first-order valence-electron chi connectivity index (χ1n) is 5.98. The molecule has 1 aromatic carbocycles. The lowest BCUT2D eigenvalue weighted by molar-refractivity contribution is -0.140. The van der Waals surface area contributed by atoms with Crippen molar-refractivity contribution in [3.63, 3.8) is 0 Å². The third kappa shape index (κ3) is 2.93. The summed E-state index contributed by atoms with van der Waals surface area (Å²) in [6.45, 7) is 3.57. The Kier molecular flexibility index (Phi) is 3.55. The third-order valence-electron chi connectivity index (χ3n) is 2.89. The van der Waals surface area contributed by atoms with Crippen molar-refractivity contribution in [3.05, 3.63) is 35.6 Å². The summed E-state index contributed by atoms with van der Waals surface area (Å²) in [5, 5.41) is 12.1. The fraction of sp³-hybridized carbons (Fsp3) is 0.286. The molecule has 0 saturated carbocycles. The Morgan fingerprint density at radius 2 is 2.11 bits per heavy atom. The van der Waals surface area contributed by atoms with E-state index in [9.17, 15) is 9.59 Å². The summed E-state index contributed by atoms with van der Waals surface area (Å²) in [6.07, 6.45) is 0. The molecule has 1 unspecified atom stereocenters. The van der Waals surface area contributed by atoms with E-state index in [0.29, 0.717) is 5.58 Å². The molecule has 0 fully saturated rings. The first-order chi connectivity index (χ1) is 8.97. The molecule has 5 nitrogen and oxygen atoms in total. The van der Waals surface area contributed by atoms with Crippen molar-refractivity contribution >= 4 is 22.8 Å². The van der Waals surface area contributed by atoms with Gasteiger partial charge in [0.2, 0.25) is 0 Å². The number of rotatable bonds is 4. The van der Waals surface area contributed by atoms with Gasteiger partial charge in [0.15, 0.2) is 5.76 Å². The molecule has 2 N–H and O–H groups in total. The van der Waals surface area contributed by atoms with Crippen molar-refractivity contribution in [2.45, 2.75) is 13.8 Å². The average molecular weight is 261 g/mol. The highest BCUT2D eigenvalue weighted by molar-refractivity contribution is 5.96. The number of carboxylic acids is 1. The van der Waals surface area contributed by atoms with Gasteiger partial charge in [-0.05, 0) is 25.1 Å². The molecule has 1 aromatic heterocycles. The lowest BCUT2D eigenvalue weighted by atomic mass is 10.2. The Hall–Kier alpha value is -2.30. The summed E-state index contributed by atoms with van der Waals surface area (Å²) < 4.78 is 5.42. The molecule has 0 aliphatic carbocycles. The van der Waals surface area contributed by atoms with Crippen LogP contribution in [-0.2, 0) is 4.79 Å². The maximum atomic E-state index is 11.8. The zero-order chi connectivity index (χ0) is 14.0. The number of amides is 1. The molecular formula is C14H15NO4. The van der Waals surface area contributed by atoms with Gasteiger partial charge in [-0.1, -0.05) is 18.6 Å². The summed E-state index contributed by atoms with van der Waals surface area (Å²) in [4.78, 5) is 22.5. The highest BCUT2D eigenvalue weighted by Gasteiger charge is 2.16. The lowest BCUT2D eigenvalue weighted by Crippen LogP contribution is -2.31. The van der Waals surface area contributed by atoms with E-state index < -0.39 is 17.8 Å². The van der Waals surface area contributed by atoms with Gasteiger partial charge in [-0.15, -0.1) is 0 Å². The summed E-state index contributed by atoms with van der Waals surface area (Å²) in [6, 6.07) is 7.29. The number of hydrogen-bond donors (Lipinski definition) is 2. The van der Waals surface area contributed by atoms with Crippen LogP contribution in [-0.4, -0.2) is 23.5 Å². The van der Waals surface area contributed by atoms with Crippen LogP contribution >= 0.6 is 0 Å². The summed E-state index contributed by atoms with van der Waals surface area (Å²) in [7, 11) is 0. The monoisotopic (exact) mass is 261 g/mol. The predicted molar refractivity (Wildman–Crippen MR) is 70.1 cm³/mol. The van der Waals surface area contributed by atoms with Gasteiger partial charge in [0.05, 0.1) is 5.92 Å². The number of carbonyl (C=O) groups is 2. The Morgan fingerprint density at radius 3 is 2.79 bits per heavy atom. The van der Waals surface area contributed by atoms with E-state index in [1.54, 1.807) is 12.1 Å². The molecule has 1 atom stereocenters. The van der Waals surface area contributed by atoms with Crippen LogP contribution < -0.4 is 5.32 Å². The third-order valence-corrected chi connectivity index (χ3v) is 2.89. The van der Waals surface area contributed by atoms with Crippen LogP contribution in [0.4, 0.5) is 0 Å². The number of aliphatic carboxylic acids is 1. The largest absolute Gasteiger partial charge is 0.481 e. The van der Waals surface area contributed by atoms with E-state index in [4.69, 9.17) is 9.52 Å². The summed E-state index contributed by atoms with van der Waals surface area (Å²) >= 11 is 0. The highest BCUT2D eigenvalue weighted by Crippen LogP contribution is 2.20. The molecular weight excluding hydrogens is 246 g/mol. The van der Waals surface area contributed by atoms with Gasteiger partial charge in [0.1, 0.15) is 5.58 Å². The van der Waals surface area contributed by atoms with Gasteiger partial charge >= 0.3 is 5.97 Å². The lowest BCUT2D eigenvalue weighted by Gasteiger charge is -2.06. The number of carbonyl (C=O) groups excluding carboxylic acids is 1. The summed E-state index contributed by atoms with van der Waals surface area (Å²) in [5.74, 6) is -1.78. The van der Waals surface area contributed by atoms with E-state index in [1.807, 2.05) is 19.1 Å². The number of nitrogens with one attached hydrogen (secondary N) is 1. The van der Waals surface area contributed by atoms with Crippen LogP contribution in [0.15, 0.2) is 28.7 Å². The van der Waals surface area contributed by atoms with Crippen molar-refractivity contribution in [1.82, 2.24) is 5.32 Å². The Morgan fingerprint density at radius 1 is 1.37 bits per heavy atom. The quantitative estimate of drug-likeness (QED) is 0.884. The fourth-order valence-corrected chi connectivity index (χ4v) is 1.69. The first-order valence-corrected chi connectivity index (χ1v) is 5.98. The minimum Gasteiger partial charge on any atom is -0.481 e. The SMILES string of the molecule is Cc1ccc2oc(C(=O)NCC(C)C(=O)O)cc2c1. The van der Waals surface area contributed by atoms with Crippen LogP contribution in [0.2, 0.25) is 0 Å². The van der Waals surface area contributed by atoms with E-state index in [-0.39, 0.29) is 12.3 Å². The molecule has 2 aromatic rings. The van der Waals surface area contributed by atoms with Gasteiger partial charge < -0.3 is 14.8 Å². The van der Waals surface area contributed by atoms with Crippen molar-refractivity contribution < 1.29 is 19.1 Å². The standard InChI is InChI=1S/C14H15NO4/c1-8-3-4-11-10(5-8)6-12(19-11)13(16)15-7-9(2)14(17)18/h3-6,9H,7H2,1-2H3,(H,15,16)(H,17,18). The fourth-order valence-electron chi connectivity index (χ4n) is 1.69. The van der Waals surface area contributed by atoms with Gasteiger partial charge in [0, 0.05) is 11.9 Å². The van der Waals surface area contributed by atoms with Gasteiger partial charge in [-0.25, -0.2) is 0 Å². The van der Waals surface area contributed by atoms with E-state index >= 15 is 0 Å². The smallest absolute Gasteiger partial charge is 0.308 e. The van der Waals surface area contributed by atoms with Crippen LogP contribution in [0.3, 0.4) is 0 Å². The number of aryl methyl sites for hydroxylation is 1. The number of hydrogen-bond acceptors (Lipinski definition) is 3. The van der Waals surface area contributed by atoms with Crippen LogP contribution in [0.1, 0.15) is 23.0 Å². The van der Waals surface area contributed by atoms with Gasteiger partial charge in [-0.3, -0.25) is 9.59 Å². The van der Waals surface area contributed by atoms with Crippen LogP contribution in [0.5, 0.6) is 0 Å². The van der Waals surface area contributed by atoms with Crippen molar-refractivity contribution in [2.24, 2.45) is 5.92 Å². The van der Waals surface area contributed by atoms with Crippen LogP contribution in [0, 0.1) is 12.8 Å². The van der Waals surface area contributed by atoms with Crippen molar-refractivity contribution in [2.75, 3.05) is 6.54 Å². The molecule has 1 amide bonds. The average Bonchev–Trinajstić information content (AvgIpc) is 2.78. The second-order valence-corrected chi connectivity index (χ2v) is 4.60. The number of benzene rings is 1. The van der Waals surface area contributed by atoms with E-state index in [0.717, 1.165) is 10.9 Å². The molecule has 0 aliphatic heterocycles. The maximum absolute atomic E-state index is 11.8. The molecule has 5 heteroatoms. The highest BCUT2D eigenvalue weighted by atomic mass is 16.4. The first kappa shape index (κ1) is 13.1. The molecule has 2 rings (SSSR count). The summed E-state index contributed by atoms with van der Waals surface area (Å²) in [5.41, 5.74) is 1.72. The number of carboxylic acid groups (broad SMARTS) is 1. The molecule has 0 radical (unpaired) electrons. The zero-order valence-corrected chi connectivity index (χ0v) is 10.8. The van der Waals surface area contributed by atoms with Crippen molar-refractivity contribution in [3.8, 4) is 0 Å². The number of furan rings is 1. The Balaban J connectivity index is 2.11. The van der Waals surface area contributed by atoms with Crippen LogP contribution in [0.25, 0.3) is 11.0 Å². The molecule has 1 heterocycles. The Bertz CT molecular complexity index is 629. The van der Waals surface area contributed by atoms with E-state index in [1.165, 1.54) is 6.92 Å². The second kappa shape index (κ2) is 5.14.